The average molecular weight is 300 g/mol. The molecule has 1 saturated carbocycles. The van der Waals surface area contributed by atoms with E-state index in [0.29, 0.717) is 22.4 Å². The van der Waals surface area contributed by atoms with Crippen LogP contribution in [0.25, 0.3) is 4.96 Å². The second-order valence-corrected chi connectivity index (χ2v) is 5.89. The first kappa shape index (κ1) is 12.4. The summed E-state index contributed by atoms with van der Waals surface area (Å²) in [5, 5.41) is 15.7. The molecule has 0 aromatic carbocycles. The van der Waals surface area contributed by atoms with Crippen LogP contribution in [-0.2, 0) is 6.54 Å². The van der Waals surface area contributed by atoms with Gasteiger partial charge in [-0.2, -0.15) is 4.52 Å². The zero-order valence-corrected chi connectivity index (χ0v) is 11.9. The summed E-state index contributed by atoms with van der Waals surface area (Å²) >= 11 is 1.25. The van der Waals surface area contributed by atoms with Gasteiger partial charge in [0.2, 0.25) is 9.97 Å². The number of amides is 1. The zero-order chi connectivity index (χ0) is 14.2. The van der Waals surface area contributed by atoms with Gasteiger partial charge in [0.15, 0.2) is 5.82 Å². The maximum atomic E-state index is 12.1. The smallest absolute Gasteiger partial charge is 0.282 e. The van der Waals surface area contributed by atoms with Crippen LogP contribution in [0.5, 0.6) is 0 Å². The fraction of sp³-hybridized carbons (Fsp3) is 0.308. The van der Waals surface area contributed by atoms with Gasteiger partial charge in [0.05, 0.1) is 12.2 Å². The lowest BCUT2D eigenvalue weighted by molar-refractivity contribution is 0.0949. The molecule has 0 bridgehead atoms. The first-order valence-corrected chi connectivity index (χ1v) is 7.53. The topological polar surface area (TPSA) is 85.1 Å². The van der Waals surface area contributed by atoms with Crippen LogP contribution in [0.2, 0.25) is 0 Å². The Bertz CT molecular complexity index is 791. The largest absolute Gasteiger partial charge is 0.344 e. The van der Waals surface area contributed by atoms with Crippen molar-refractivity contribution in [3.8, 4) is 0 Å². The molecule has 3 aromatic rings. The van der Waals surface area contributed by atoms with Gasteiger partial charge in [-0.15, -0.1) is 15.3 Å². The third-order valence-electron chi connectivity index (χ3n) is 3.31. The minimum atomic E-state index is -0.210. The molecule has 4 rings (SSSR count). The molecule has 0 radical (unpaired) electrons. The molecule has 0 aliphatic heterocycles. The van der Waals surface area contributed by atoms with Crippen molar-refractivity contribution in [2.75, 3.05) is 0 Å². The van der Waals surface area contributed by atoms with Crippen LogP contribution in [0.1, 0.15) is 40.1 Å². The Hall–Kier alpha value is -2.35. The summed E-state index contributed by atoms with van der Waals surface area (Å²) in [4.78, 5) is 17.0. The minimum absolute atomic E-state index is 0.210. The molecule has 0 spiro atoms. The summed E-state index contributed by atoms with van der Waals surface area (Å²) in [6, 6.07) is 5.59. The van der Waals surface area contributed by atoms with Crippen LogP contribution in [0.4, 0.5) is 0 Å². The van der Waals surface area contributed by atoms with Crippen LogP contribution in [0, 0.1) is 0 Å². The molecule has 3 aromatic heterocycles. The molecule has 7 nitrogen and oxygen atoms in total. The highest BCUT2D eigenvalue weighted by Crippen LogP contribution is 2.39. The predicted molar refractivity (Wildman–Crippen MR) is 76.0 cm³/mol. The number of nitrogens with one attached hydrogen (secondary N) is 1. The number of rotatable bonds is 4. The molecule has 1 amide bonds. The lowest BCUT2D eigenvalue weighted by Gasteiger charge is -2.01. The van der Waals surface area contributed by atoms with Crippen LogP contribution >= 0.6 is 11.3 Å². The summed E-state index contributed by atoms with van der Waals surface area (Å²) in [6.45, 7) is 0.384. The zero-order valence-electron chi connectivity index (χ0n) is 11.1. The monoisotopic (exact) mass is 300 g/mol. The second-order valence-electron chi connectivity index (χ2n) is 4.94. The van der Waals surface area contributed by atoms with E-state index in [0.717, 1.165) is 24.4 Å². The van der Waals surface area contributed by atoms with Crippen LogP contribution in [-0.4, -0.2) is 30.7 Å². The normalized spacial score (nSPS) is 14.5. The Labute approximate surface area is 124 Å². The lowest BCUT2D eigenvalue weighted by Crippen LogP contribution is -2.23. The molecule has 1 aliphatic carbocycles. The van der Waals surface area contributed by atoms with Crippen LogP contribution in [0.15, 0.2) is 24.4 Å². The maximum absolute atomic E-state index is 12.1. The third-order valence-corrected chi connectivity index (χ3v) is 4.21. The van der Waals surface area contributed by atoms with E-state index >= 15 is 0 Å². The van der Waals surface area contributed by atoms with E-state index < -0.39 is 0 Å². The quantitative estimate of drug-likeness (QED) is 0.787. The van der Waals surface area contributed by atoms with Gasteiger partial charge in [-0.1, -0.05) is 17.4 Å². The molecule has 8 heteroatoms. The highest BCUT2D eigenvalue weighted by atomic mass is 32.1. The molecular weight excluding hydrogens is 288 g/mol. The van der Waals surface area contributed by atoms with Crippen molar-refractivity contribution in [1.82, 2.24) is 30.1 Å². The molecule has 0 unspecified atom stereocenters. The van der Waals surface area contributed by atoms with Crippen molar-refractivity contribution < 1.29 is 4.79 Å². The van der Waals surface area contributed by atoms with Gasteiger partial charge in [-0.3, -0.25) is 9.78 Å². The summed E-state index contributed by atoms with van der Waals surface area (Å²) in [6.07, 6.45) is 3.95. The Kier molecular flexibility index (Phi) is 2.88. The van der Waals surface area contributed by atoms with Crippen molar-refractivity contribution in [3.63, 3.8) is 0 Å². The molecule has 0 saturated heterocycles. The molecule has 1 N–H and O–H groups in total. The van der Waals surface area contributed by atoms with E-state index in [-0.39, 0.29) is 5.91 Å². The summed E-state index contributed by atoms with van der Waals surface area (Å²) < 4.78 is 1.69. The molecule has 21 heavy (non-hydrogen) atoms. The van der Waals surface area contributed by atoms with Crippen molar-refractivity contribution in [2.24, 2.45) is 0 Å². The standard InChI is InChI=1S/C13H12N6OS/c20-11(15-7-9-3-1-2-6-14-9)12-18-19-10(8-4-5-8)16-17-13(19)21-12/h1-3,6,8H,4-5,7H2,(H,15,20). The Morgan fingerprint density at radius 3 is 3.05 bits per heavy atom. The summed E-state index contributed by atoms with van der Waals surface area (Å²) in [7, 11) is 0. The van der Waals surface area contributed by atoms with E-state index in [9.17, 15) is 4.79 Å². The number of fused-ring (bicyclic) bond motifs is 1. The summed E-state index contributed by atoms with van der Waals surface area (Å²) in [5.41, 5.74) is 0.813. The van der Waals surface area contributed by atoms with E-state index in [1.807, 2.05) is 18.2 Å². The SMILES string of the molecule is O=C(NCc1ccccn1)c1nn2c(C3CC3)nnc2s1. The van der Waals surface area contributed by atoms with E-state index in [1.165, 1.54) is 11.3 Å². The number of carbonyl (C=O) groups excluding carboxylic acids is 1. The van der Waals surface area contributed by atoms with Crippen molar-refractivity contribution in [3.05, 3.63) is 40.9 Å². The third kappa shape index (κ3) is 2.38. The average Bonchev–Trinajstić information content (AvgIpc) is 3.14. The minimum Gasteiger partial charge on any atom is -0.344 e. The molecular formula is C13H12N6OS. The van der Waals surface area contributed by atoms with Crippen molar-refractivity contribution in [2.45, 2.75) is 25.3 Å². The van der Waals surface area contributed by atoms with Gasteiger partial charge in [-0.05, 0) is 25.0 Å². The fourth-order valence-corrected chi connectivity index (χ4v) is 2.83. The molecule has 106 valence electrons. The number of carbonyl (C=O) groups is 1. The molecule has 1 aliphatic rings. The Morgan fingerprint density at radius 1 is 1.38 bits per heavy atom. The van der Waals surface area contributed by atoms with Gasteiger partial charge >= 0.3 is 0 Å². The Balaban J connectivity index is 1.51. The van der Waals surface area contributed by atoms with Crippen molar-refractivity contribution >= 4 is 22.2 Å². The van der Waals surface area contributed by atoms with Crippen LogP contribution in [0.3, 0.4) is 0 Å². The summed E-state index contributed by atoms with van der Waals surface area (Å²) in [5.74, 6) is 1.11. The van der Waals surface area contributed by atoms with E-state index in [4.69, 9.17) is 0 Å². The second kappa shape index (κ2) is 4.88. The van der Waals surface area contributed by atoms with Gasteiger partial charge in [0, 0.05) is 12.1 Å². The van der Waals surface area contributed by atoms with Gasteiger partial charge in [-0.25, -0.2) is 0 Å². The number of hydrogen-bond acceptors (Lipinski definition) is 6. The first-order chi connectivity index (χ1) is 10.3. The fourth-order valence-electron chi connectivity index (χ4n) is 2.07. The number of pyridine rings is 1. The van der Waals surface area contributed by atoms with E-state index in [2.05, 4.69) is 25.6 Å². The number of nitrogens with zero attached hydrogens (tertiary/aromatic N) is 5. The lowest BCUT2D eigenvalue weighted by atomic mass is 10.3. The highest BCUT2D eigenvalue weighted by Gasteiger charge is 2.30. The molecule has 1 fully saturated rings. The van der Waals surface area contributed by atoms with Gasteiger partial charge < -0.3 is 5.32 Å². The Morgan fingerprint density at radius 2 is 2.29 bits per heavy atom. The number of hydrogen-bond donors (Lipinski definition) is 1. The van der Waals surface area contributed by atoms with Crippen molar-refractivity contribution in [1.29, 1.82) is 0 Å². The van der Waals surface area contributed by atoms with E-state index in [1.54, 1.807) is 10.7 Å². The first-order valence-electron chi connectivity index (χ1n) is 6.71. The molecule has 0 atom stereocenters. The number of aromatic nitrogens is 5. The predicted octanol–water partition coefficient (Wildman–Crippen LogP) is 1.39. The van der Waals surface area contributed by atoms with Gasteiger partial charge in [0.1, 0.15) is 0 Å². The van der Waals surface area contributed by atoms with Crippen LogP contribution < -0.4 is 5.32 Å². The highest BCUT2D eigenvalue weighted by molar-refractivity contribution is 7.18. The maximum Gasteiger partial charge on any atom is 0.282 e. The molecule has 3 heterocycles. The van der Waals surface area contributed by atoms with Gasteiger partial charge in [0.25, 0.3) is 5.91 Å².